The highest BCUT2D eigenvalue weighted by atomic mass is 32.2. The maximum Gasteiger partial charge on any atom is 0.238 e. The minimum Gasteiger partial charge on any atom is -0.352 e. The van der Waals surface area contributed by atoms with E-state index in [1.165, 1.54) is 47.2 Å². The summed E-state index contributed by atoms with van der Waals surface area (Å²) in [5.74, 6) is 1.23. The van der Waals surface area contributed by atoms with Gasteiger partial charge in [0.15, 0.2) is 11.0 Å². The molecule has 2 aliphatic rings. The van der Waals surface area contributed by atoms with Crippen LogP contribution in [0.2, 0.25) is 0 Å². The first-order valence-corrected chi connectivity index (χ1v) is 12.9. The van der Waals surface area contributed by atoms with Crippen LogP contribution in [0.4, 0.5) is 4.39 Å². The molecular formula is C24H27FN4OS2. The van der Waals surface area contributed by atoms with Gasteiger partial charge in [-0.05, 0) is 67.3 Å². The number of nitrogens with zero attached hydrogens (tertiary/aromatic N) is 3. The average Bonchev–Trinajstić information content (AvgIpc) is 3.39. The lowest BCUT2D eigenvalue weighted by atomic mass is 9.87. The first-order chi connectivity index (χ1) is 15.5. The number of rotatable bonds is 7. The van der Waals surface area contributed by atoms with Gasteiger partial charge in [-0.3, -0.25) is 4.79 Å². The summed E-state index contributed by atoms with van der Waals surface area (Å²) in [7, 11) is 1.95. The van der Waals surface area contributed by atoms with Crippen LogP contribution >= 0.6 is 23.1 Å². The number of aromatic nitrogens is 3. The van der Waals surface area contributed by atoms with Crippen molar-refractivity contribution in [2.24, 2.45) is 13.0 Å². The Morgan fingerprint density at radius 3 is 2.78 bits per heavy atom. The van der Waals surface area contributed by atoms with E-state index in [4.69, 9.17) is 0 Å². The first-order valence-electron chi connectivity index (χ1n) is 11.3. The Labute approximate surface area is 195 Å². The number of benzene rings is 1. The third-order valence-corrected chi connectivity index (χ3v) is 8.90. The summed E-state index contributed by atoms with van der Waals surface area (Å²) in [5, 5.41) is 12.1. The fourth-order valence-corrected chi connectivity index (χ4v) is 6.45. The third-order valence-electron chi connectivity index (χ3n) is 6.38. The number of hydrogen-bond acceptors (Lipinski definition) is 5. The SMILES string of the molecule is CCC1CCc2sc(-c3nnc(SC(C(=O)NC4CC4)c4ccc(F)cc4)n3C)cc2C1. The molecule has 2 unspecified atom stereocenters. The predicted octanol–water partition coefficient (Wildman–Crippen LogP) is 5.31. The molecule has 3 aromatic rings. The molecule has 2 aliphatic carbocycles. The molecule has 1 saturated carbocycles. The number of halogens is 1. The molecule has 5 rings (SSSR count). The van der Waals surface area contributed by atoms with Crippen LogP contribution in [-0.4, -0.2) is 26.7 Å². The van der Waals surface area contributed by atoms with Gasteiger partial charge in [0.05, 0.1) is 4.88 Å². The number of nitrogens with one attached hydrogen (secondary N) is 1. The zero-order valence-corrected chi connectivity index (χ0v) is 19.9. The standard InChI is InChI=1S/C24H27FN4OS2/c1-3-14-4-11-19-16(12-14)13-20(31-19)22-27-28-24(29(22)2)32-21(23(30)26-18-9-10-18)15-5-7-17(25)8-6-15/h5-8,13-14,18,21H,3-4,9-12H2,1-2H3,(H,26,30). The normalized spacial score (nSPS) is 18.9. The van der Waals surface area contributed by atoms with Crippen molar-refractivity contribution in [3.8, 4) is 10.7 Å². The summed E-state index contributed by atoms with van der Waals surface area (Å²) >= 11 is 3.18. The zero-order chi connectivity index (χ0) is 22.2. The van der Waals surface area contributed by atoms with Crippen molar-refractivity contribution < 1.29 is 9.18 Å². The summed E-state index contributed by atoms with van der Waals surface area (Å²) in [6.45, 7) is 2.27. The highest BCUT2D eigenvalue weighted by Gasteiger charge is 2.31. The van der Waals surface area contributed by atoms with Crippen LogP contribution in [0.25, 0.3) is 10.7 Å². The van der Waals surface area contributed by atoms with Gasteiger partial charge in [-0.1, -0.05) is 37.2 Å². The number of thiophene rings is 1. The highest BCUT2D eigenvalue weighted by molar-refractivity contribution is 8.00. The number of thioether (sulfide) groups is 1. The molecule has 0 spiro atoms. The minimum absolute atomic E-state index is 0.0640. The second-order valence-electron chi connectivity index (χ2n) is 8.77. The van der Waals surface area contributed by atoms with E-state index < -0.39 is 5.25 Å². The Morgan fingerprint density at radius 1 is 1.28 bits per heavy atom. The maximum absolute atomic E-state index is 13.5. The molecule has 1 aromatic carbocycles. The van der Waals surface area contributed by atoms with Crippen molar-refractivity contribution in [3.05, 3.63) is 52.2 Å². The van der Waals surface area contributed by atoms with Crippen molar-refractivity contribution in [2.45, 2.75) is 61.9 Å². The van der Waals surface area contributed by atoms with Gasteiger partial charge in [0.1, 0.15) is 11.1 Å². The molecule has 1 N–H and O–H groups in total. The van der Waals surface area contributed by atoms with E-state index >= 15 is 0 Å². The third kappa shape index (κ3) is 4.48. The minimum atomic E-state index is -0.506. The van der Waals surface area contributed by atoms with Crippen LogP contribution in [0.1, 0.15) is 53.9 Å². The van der Waals surface area contributed by atoms with E-state index in [-0.39, 0.29) is 17.8 Å². The smallest absolute Gasteiger partial charge is 0.238 e. The molecular weight excluding hydrogens is 443 g/mol. The molecule has 2 atom stereocenters. The van der Waals surface area contributed by atoms with E-state index in [9.17, 15) is 9.18 Å². The number of aryl methyl sites for hydroxylation is 1. The highest BCUT2D eigenvalue weighted by Crippen LogP contribution is 2.40. The summed E-state index contributed by atoms with van der Waals surface area (Å²) in [6, 6.07) is 8.68. The number of fused-ring (bicyclic) bond motifs is 1. The van der Waals surface area contributed by atoms with Crippen molar-refractivity contribution in [1.29, 1.82) is 0 Å². The van der Waals surface area contributed by atoms with E-state index in [1.807, 2.05) is 23.0 Å². The quantitative estimate of drug-likeness (QED) is 0.476. The Morgan fingerprint density at radius 2 is 2.06 bits per heavy atom. The van der Waals surface area contributed by atoms with Gasteiger partial charge in [0, 0.05) is 18.0 Å². The van der Waals surface area contributed by atoms with E-state index in [0.717, 1.165) is 47.9 Å². The molecule has 2 heterocycles. The van der Waals surface area contributed by atoms with Crippen molar-refractivity contribution >= 4 is 29.0 Å². The summed E-state index contributed by atoms with van der Waals surface area (Å²) in [5.41, 5.74) is 2.21. The molecule has 8 heteroatoms. The van der Waals surface area contributed by atoms with Crippen LogP contribution in [0, 0.1) is 11.7 Å². The van der Waals surface area contributed by atoms with Crippen LogP contribution in [-0.2, 0) is 24.7 Å². The van der Waals surface area contributed by atoms with E-state index in [2.05, 4.69) is 28.5 Å². The van der Waals surface area contributed by atoms with Crippen LogP contribution < -0.4 is 5.32 Å². The lowest BCUT2D eigenvalue weighted by Crippen LogP contribution is -2.29. The largest absolute Gasteiger partial charge is 0.352 e. The summed E-state index contributed by atoms with van der Waals surface area (Å²) in [6.07, 6.45) is 6.81. The second kappa shape index (κ2) is 8.98. The molecule has 5 nitrogen and oxygen atoms in total. The van der Waals surface area contributed by atoms with E-state index in [1.54, 1.807) is 12.1 Å². The molecule has 0 bridgehead atoms. The van der Waals surface area contributed by atoms with Gasteiger partial charge in [-0.2, -0.15) is 0 Å². The fourth-order valence-electron chi connectivity index (χ4n) is 4.21. The Kier molecular flexibility index (Phi) is 6.07. The van der Waals surface area contributed by atoms with Gasteiger partial charge < -0.3 is 9.88 Å². The number of hydrogen-bond donors (Lipinski definition) is 1. The van der Waals surface area contributed by atoms with Crippen LogP contribution in [0.15, 0.2) is 35.5 Å². The van der Waals surface area contributed by atoms with Gasteiger partial charge >= 0.3 is 0 Å². The molecule has 0 aliphatic heterocycles. The summed E-state index contributed by atoms with van der Waals surface area (Å²) in [4.78, 5) is 15.6. The van der Waals surface area contributed by atoms with Gasteiger partial charge in [-0.25, -0.2) is 4.39 Å². The summed E-state index contributed by atoms with van der Waals surface area (Å²) < 4.78 is 15.4. The van der Waals surface area contributed by atoms with Crippen LogP contribution in [0.5, 0.6) is 0 Å². The van der Waals surface area contributed by atoms with Gasteiger partial charge in [0.2, 0.25) is 5.91 Å². The Bertz CT molecular complexity index is 1120. The van der Waals surface area contributed by atoms with Crippen LogP contribution in [0.3, 0.4) is 0 Å². The fraction of sp³-hybridized carbons (Fsp3) is 0.458. The molecule has 0 radical (unpaired) electrons. The number of carbonyl (C=O) groups is 1. The average molecular weight is 471 g/mol. The van der Waals surface area contributed by atoms with Crippen molar-refractivity contribution in [3.63, 3.8) is 0 Å². The second-order valence-corrected chi connectivity index (χ2v) is 11.0. The Balaban J connectivity index is 1.40. The van der Waals surface area contributed by atoms with Gasteiger partial charge in [-0.15, -0.1) is 21.5 Å². The molecule has 2 aromatic heterocycles. The molecule has 0 saturated heterocycles. The number of amides is 1. The maximum atomic E-state index is 13.5. The molecule has 32 heavy (non-hydrogen) atoms. The lowest BCUT2D eigenvalue weighted by Gasteiger charge is -2.19. The monoisotopic (exact) mass is 470 g/mol. The van der Waals surface area contributed by atoms with Crippen molar-refractivity contribution in [2.75, 3.05) is 0 Å². The molecule has 168 valence electrons. The Hall–Kier alpha value is -2.19. The topological polar surface area (TPSA) is 59.8 Å². The number of carbonyl (C=O) groups excluding carboxylic acids is 1. The van der Waals surface area contributed by atoms with E-state index in [0.29, 0.717) is 5.16 Å². The first kappa shape index (κ1) is 21.6. The lowest BCUT2D eigenvalue weighted by molar-refractivity contribution is -0.120. The molecule has 1 amide bonds. The van der Waals surface area contributed by atoms with Gasteiger partial charge in [0.25, 0.3) is 0 Å². The zero-order valence-electron chi connectivity index (χ0n) is 18.3. The predicted molar refractivity (Wildman–Crippen MR) is 126 cm³/mol. The molecule has 1 fully saturated rings. The van der Waals surface area contributed by atoms with Crippen molar-refractivity contribution in [1.82, 2.24) is 20.1 Å².